The van der Waals surface area contributed by atoms with Crippen LogP contribution in [-0.2, 0) is 0 Å². The summed E-state index contributed by atoms with van der Waals surface area (Å²) in [6.45, 7) is 9.21. The topological polar surface area (TPSA) is 42.4 Å². The first kappa shape index (κ1) is 15.1. The molecule has 0 aliphatic rings. The Balaban J connectivity index is 2.40. The van der Waals surface area contributed by atoms with Gasteiger partial charge in [0, 0.05) is 17.5 Å². The van der Waals surface area contributed by atoms with Crippen LogP contribution < -0.4 is 5.73 Å². The van der Waals surface area contributed by atoms with E-state index in [1.54, 1.807) is 0 Å². The lowest BCUT2D eigenvalue weighted by Gasteiger charge is -2.30. The Morgan fingerprint density at radius 1 is 1.25 bits per heavy atom. The maximum atomic E-state index is 6.09. The minimum atomic E-state index is 0.246. The van der Waals surface area contributed by atoms with Gasteiger partial charge in [0.25, 0.3) is 0 Å². The molecule has 0 saturated carbocycles. The van der Waals surface area contributed by atoms with E-state index in [2.05, 4.69) is 30.9 Å². The van der Waals surface area contributed by atoms with Crippen LogP contribution in [0.4, 0.5) is 0 Å². The van der Waals surface area contributed by atoms with E-state index < -0.39 is 0 Å². The summed E-state index contributed by atoms with van der Waals surface area (Å²) in [6.07, 6.45) is 2.41. The second kappa shape index (κ2) is 6.91. The molecule has 1 atom stereocenters. The molecule has 2 N–H and O–H groups in total. The summed E-state index contributed by atoms with van der Waals surface area (Å²) in [4.78, 5) is 2.47. The van der Waals surface area contributed by atoms with E-state index in [4.69, 9.17) is 10.2 Å². The maximum Gasteiger partial charge on any atom is 0.134 e. The average Bonchev–Trinajstić information content (AvgIpc) is 2.79. The van der Waals surface area contributed by atoms with Gasteiger partial charge in [-0.1, -0.05) is 38.5 Å². The fourth-order valence-electron chi connectivity index (χ4n) is 2.95. The lowest BCUT2D eigenvalue weighted by Crippen LogP contribution is -2.34. The molecule has 1 aromatic heterocycles. The molecule has 0 aliphatic heterocycles. The van der Waals surface area contributed by atoms with Crippen molar-refractivity contribution < 1.29 is 4.42 Å². The van der Waals surface area contributed by atoms with Crippen molar-refractivity contribution in [3.05, 3.63) is 35.6 Å². The number of rotatable bonds is 7. The third-order valence-corrected chi connectivity index (χ3v) is 4.02. The quantitative estimate of drug-likeness (QED) is 0.833. The number of hydrogen-bond acceptors (Lipinski definition) is 3. The highest BCUT2D eigenvalue weighted by Crippen LogP contribution is 2.33. The van der Waals surface area contributed by atoms with Gasteiger partial charge in [-0.15, -0.1) is 0 Å². The summed E-state index contributed by atoms with van der Waals surface area (Å²) in [7, 11) is 0. The number of furan rings is 1. The highest BCUT2D eigenvalue weighted by molar-refractivity contribution is 5.82. The molecule has 0 saturated heterocycles. The Hall–Kier alpha value is -1.32. The molecule has 3 heteroatoms. The number of unbranched alkanes of at least 4 members (excludes halogenated alkanes) is 1. The zero-order chi connectivity index (χ0) is 14.5. The van der Waals surface area contributed by atoms with E-state index in [9.17, 15) is 0 Å². The van der Waals surface area contributed by atoms with Crippen LogP contribution in [0, 0.1) is 6.92 Å². The van der Waals surface area contributed by atoms with Crippen LogP contribution in [0.25, 0.3) is 11.0 Å². The molecule has 2 rings (SSSR count). The van der Waals surface area contributed by atoms with Crippen LogP contribution in [0.15, 0.2) is 28.7 Å². The molecule has 20 heavy (non-hydrogen) atoms. The Labute approximate surface area is 121 Å². The predicted molar refractivity (Wildman–Crippen MR) is 84.9 cm³/mol. The van der Waals surface area contributed by atoms with Crippen LogP contribution in [0.1, 0.15) is 44.1 Å². The molecular weight excluding hydrogens is 248 g/mol. The number of nitrogens with zero attached hydrogens (tertiary/aromatic N) is 1. The van der Waals surface area contributed by atoms with Gasteiger partial charge in [0.1, 0.15) is 11.3 Å². The van der Waals surface area contributed by atoms with Crippen molar-refractivity contribution in [2.45, 2.75) is 39.7 Å². The number of fused-ring (bicyclic) bond motifs is 1. The number of likely N-dealkylation sites (N-methyl/N-ethyl adjacent to an activating group) is 1. The van der Waals surface area contributed by atoms with E-state index in [1.807, 2.05) is 19.1 Å². The Morgan fingerprint density at radius 2 is 2.00 bits per heavy atom. The third kappa shape index (κ3) is 2.89. The summed E-state index contributed by atoms with van der Waals surface area (Å²) in [5.41, 5.74) is 8.32. The molecule has 1 unspecified atom stereocenters. The number of benzene rings is 1. The summed E-state index contributed by atoms with van der Waals surface area (Å²) < 4.78 is 5.90. The van der Waals surface area contributed by atoms with Gasteiger partial charge in [0.15, 0.2) is 0 Å². The van der Waals surface area contributed by atoms with Gasteiger partial charge in [0.05, 0.1) is 6.04 Å². The monoisotopic (exact) mass is 274 g/mol. The third-order valence-electron chi connectivity index (χ3n) is 4.02. The van der Waals surface area contributed by atoms with Crippen molar-refractivity contribution >= 4 is 11.0 Å². The molecule has 110 valence electrons. The Morgan fingerprint density at radius 3 is 2.65 bits per heavy atom. The second-order valence-corrected chi connectivity index (χ2v) is 5.30. The summed E-state index contributed by atoms with van der Waals surface area (Å²) in [6, 6.07) is 8.49. The van der Waals surface area contributed by atoms with Gasteiger partial charge in [-0.05, 0) is 32.5 Å². The van der Waals surface area contributed by atoms with Gasteiger partial charge in [-0.25, -0.2) is 0 Å². The SMILES string of the molecule is CCCCN(CC)C(CN)c1c(C)oc2ccccc12. The van der Waals surface area contributed by atoms with Crippen LogP contribution in [0.5, 0.6) is 0 Å². The van der Waals surface area contributed by atoms with Crippen LogP contribution in [0.2, 0.25) is 0 Å². The van der Waals surface area contributed by atoms with Gasteiger partial charge >= 0.3 is 0 Å². The average molecular weight is 274 g/mol. The summed E-state index contributed by atoms with van der Waals surface area (Å²) in [5, 5.41) is 1.20. The van der Waals surface area contributed by atoms with E-state index in [1.165, 1.54) is 23.8 Å². The molecule has 2 aromatic rings. The highest BCUT2D eigenvalue weighted by Gasteiger charge is 2.23. The molecular formula is C17H26N2O. The molecule has 0 aliphatic carbocycles. The Kier molecular flexibility index (Phi) is 5.21. The second-order valence-electron chi connectivity index (χ2n) is 5.30. The maximum absolute atomic E-state index is 6.09. The van der Waals surface area contributed by atoms with Gasteiger partial charge in [-0.2, -0.15) is 0 Å². The van der Waals surface area contributed by atoms with Gasteiger partial charge < -0.3 is 10.2 Å². The van der Waals surface area contributed by atoms with E-state index in [0.717, 1.165) is 24.4 Å². The van der Waals surface area contributed by atoms with Crippen LogP contribution in [0.3, 0.4) is 0 Å². The molecule has 3 nitrogen and oxygen atoms in total. The first-order valence-electron chi connectivity index (χ1n) is 7.65. The number of para-hydroxylation sites is 1. The molecule has 0 radical (unpaired) electrons. The summed E-state index contributed by atoms with van der Waals surface area (Å²) >= 11 is 0. The largest absolute Gasteiger partial charge is 0.461 e. The van der Waals surface area contributed by atoms with E-state index in [0.29, 0.717) is 6.54 Å². The normalized spacial score (nSPS) is 13.2. The van der Waals surface area contributed by atoms with Crippen molar-refractivity contribution in [3.63, 3.8) is 0 Å². The van der Waals surface area contributed by atoms with Gasteiger partial charge in [-0.3, -0.25) is 4.90 Å². The first-order valence-corrected chi connectivity index (χ1v) is 7.65. The zero-order valence-electron chi connectivity index (χ0n) is 12.9. The first-order chi connectivity index (χ1) is 9.72. The van der Waals surface area contributed by atoms with Crippen molar-refractivity contribution in [3.8, 4) is 0 Å². The fourth-order valence-corrected chi connectivity index (χ4v) is 2.95. The minimum absolute atomic E-state index is 0.246. The number of aryl methyl sites for hydroxylation is 1. The molecule has 1 aromatic carbocycles. The molecule has 1 heterocycles. The standard InChI is InChI=1S/C17H26N2O/c1-4-6-11-19(5-2)15(12-18)17-13(3)20-16-10-8-7-9-14(16)17/h7-10,15H,4-6,11-12,18H2,1-3H3. The molecule has 0 spiro atoms. The predicted octanol–water partition coefficient (Wildman–Crippen LogP) is 3.86. The fraction of sp³-hybridized carbons (Fsp3) is 0.529. The van der Waals surface area contributed by atoms with Crippen molar-refractivity contribution in [1.82, 2.24) is 4.90 Å². The lowest BCUT2D eigenvalue weighted by atomic mass is 10.0. The highest BCUT2D eigenvalue weighted by atomic mass is 16.3. The van der Waals surface area contributed by atoms with E-state index >= 15 is 0 Å². The lowest BCUT2D eigenvalue weighted by molar-refractivity contribution is 0.208. The molecule has 0 amide bonds. The smallest absolute Gasteiger partial charge is 0.134 e. The Bertz CT molecular complexity index is 547. The van der Waals surface area contributed by atoms with Crippen LogP contribution in [-0.4, -0.2) is 24.5 Å². The number of nitrogens with two attached hydrogens (primary N) is 1. The summed E-state index contributed by atoms with van der Waals surface area (Å²) in [5.74, 6) is 0.997. The van der Waals surface area contributed by atoms with Crippen molar-refractivity contribution in [2.75, 3.05) is 19.6 Å². The van der Waals surface area contributed by atoms with Crippen LogP contribution >= 0.6 is 0 Å². The molecule has 0 fully saturated rings. The number of hydrogen-bond donors (Lipinski definition) is 1. The zero-order valence-corrected chi connectivity index (χ0v) is 12.9. The van der Waals surface area contributed by atoms with Crippen molar-refractivity contribution in [2.24, 2.45) is 5.73 Å². The van der Waals surface area contributed by atoms with Crippen molar-refractivity contribution in [1.29, 1.82) is 0 Å². The van der Waals surface area contributed by atoms with E-state index in [-0.39, 0.29) is 6.04 Å². The molecule has 0 bridgehead atoms. The van der Waals surface area contributed by atoms with Gasteiger partial charge in [0.2, 0.25) is 0 Å². The minimum Gasteiger partial charge on any atom is -0.461 e.